The fourth-order valence-corrected chi connectivity index (χ4v) is 3.67. The topological polar surface area (TPSA) is 81.4 Å². The normalized spacial score (nSPS) is 19.3. The molecule has 2 heterocycles. The van der Waals surface area contributed by atoms with Crippen LogP contribution in [0, 0.1) is 6.92 Å². The minimum Gasteiger partial charge on any atom is -0.490 e. The van der Waals surface area contributed by atoms with Crippen molar-refractivity contribution in [3.8, 4) is 5.75 Å². The molecule has 1 amide bonds. The predicted molar refractivity (Wildman–Crippen MR) is 106 cm³/mol. The first-order valence-electron chi connectivity index (χ1n) is 9.50. The van der Waals surface area contributed by atoms with Crippen molar-refractivity contribution in [1.29, 1.82) is 0 Å². The van der Waals surface area contributed by atoms with Crippen molar-refractivity contribution in [1.82, 2.24) is 10.3 Å². The molecule has 6 heteroatoms. The van der Waals surface area contributed by atoms with Gasteiger partial charge in [-0.1, -0.05) is 12.1 Å². The summed E-state index contributed by atoms with van der Waals surface area (Å²) < 4.78 is 11.6. The average molecular weight is 378 g/mol. The second kappa shape index (κ2) is 7.84. The summed E-state index contributed by atoms with van der Waals surface area (Å²) >= 11 is 0. The second-order valence-corrected chi connectivity index (χ2v) is 7.19. The van der Waals surface area contributed by atoms with E-state index in [1.54, 1.807) is 13.1 Å². The molecule has 0 spiro atoms. The molecule has 0 aliphatic heterocycles. The van der Waals surface area contributed by atoms with Crippen LogP contribution in [-0.4, -0.2) is 23.0 Å². The van der Waals surface area contributed by atoms with Crippen molar-refractivity contribution >= 4 is 16.7 Å². The lowest BCUT2D eigenvalue weighted by molar-refractivity contribution is 0.0864. The van der Waals surface area contributed by atoms with Crippen LogP contribution in [0.4, 0.5) is 0 Å². The van der Waals surface area contributed by atoms with Crippen LogP contribution in [0.1, 0.15) is 42.0 Å². The van der Waals surface area contributed by atoms with Crippen molar-refractivity contribution in [2.24, 2.45) is 0 Å². The molecule has 2 aromatic heterocycles. The molecule has 0 saturated heterocycles. The van der Waals surface area contributed by atoms with Crippen LogP contribution < -0.4 is 15.5 Å². The Hall–Kier alpha value is -3.15. The number of nitrogens with one attached hydrogen (secondary N) is 1. The Morgan fingerprint density at radius 1 is 1.18 bits per heavy atom. The summed E-state index contributed by atoms with van der Waals surface area (Å²) in [5.41, 5.74) is -0.226. The van der Waals surface area contributed by atoms with Gasteiger partial charge in [-0.2, -0.15) is 0 Å². The quantitative estimate of drug-likeness (QED) is 0.750. The molecule has 6 nitrogen and oxygen atoms in total. The molecule has 1 aliphatic carbocycles. The number of pyridine rings is 1. The van der Waals surface area contributed by atoms with Gasteiger partial charge in [-0.25, -0.2) is 0 Å². The fraction of sp³-hybridized carbons (Fsp3) is 0.318. The molecule has 3 aromatic rings. The number of carbonyl (C=O) groups is 1. The van der Waals surface area contributed by atoms with Crippen LogP contribution in [0.15, 0.2) is 58.0 Å². The molecule has 0 atom stereocenters. The number of rotatable bonds is 4. The van der Waals surface area contributed by atoms with E-state index in [-0.39, 0.29) is 29.2 Å². The van der Waals surface area contributed by atoms with E-state index in [1.807, 2.05) is 30.5 Å². The number of aryl methyl sites for hydroxylation is 1. The Bertz CT molecular complexity index is 1050. The van der Waals surface area contributed by atoms with Crippen molar-refractivity contribution in [3.63, 3.8) is 0 Å². The van der Waals surface area contributed by atoms with Crippen LogP contribution >= 0.6 is 0 Å². The number of amides is 1. The SMILES string of the molecule is Cc1cc(=O)cc(C(=O)NC2CCC(Oc3cccc4cnccc34)CC2)o1. The van der Waals surface area contributed by atoms with Gasteiger partial charge in [0, 0.05) is 41.3 Å². The van der Waals surface area contributed by atoms with Crippen LogP contribution in [0.5, 0.6) is 5.75 Å². The maximum Gasteiger partial charge on any atom is 0.287 e. The fourth-order valence-electron chi connectivity index (χ4n) is 3.67. The number of ether oxygens (including phenoxy) is 1. The molecule has 28 heavy (non-hydrogen) atoms. The van der Waals surface area contributed by atoms with E-state index in [2.05, 4.69) is 10.3 Å². The third kappa shape index (κ3) is 4.06. The van der Waals surface area contributed by atoms with Crippen LogP contribution in [-0.2, 0) is 0 Å². The largest absolute Gasteiger partial charge is 0.490 e. The number of carbonyl (C=O) groups excluding carboxylic acids is 1. The first-order chi connectivity index (χ1) is 13.6. The van der Waals surface area contributed by atoms with E-state index in [9.17, 15) is 9.59 Å². The van der Waals surface area contributed by atoms with E-state index >= 15 is 0 Å². The highest BCUT2D eigenvalue weighted by atomic mass is 16.5. The lowest BCUT2D eigenvalue weighted by Crippen LogP contribution is -2.40. The van der Waals surface area contributed by atoms with E-state index in [1.165, 1.54) is 12.1 Å². The molecular formula is C22H22N2O4. The van der Waals surface area contributed by atoms with Gasteiger partial charge in [0.1, 0.15) is 11.5 Å². The van der Waals surface area contributed by atoms with E-state index in [4.69, 9.17) is 9.15 Å². The molecule has 1 saturated carbocycles. The highest BCUT2D eigenvalue weighted by molar-refractivity contribution is 5.91. The van der Waals surface area contributed by atoms with E-state index in [0.717, 1.165) is 42.2 Å². The number of nitrogens with zero attached hydrogens (tertiary/aromatic N) is 1. The lowest BCUT2D eigenvalue weighted by atomic mass is 9.92. The average Bonchev–Trinajstić information content (AvgIpc) is 2.69. The van der Waals surface area contributed by atoms with Crippen molar-refractivity contribution in [2.75, 3.05) is 0 Å². The molecule has 0 bridgehead atoms. The van der Waals surface area contributed by atoms with Gasteiger partial charge in [-0.05, 0) is 44.7 Å². The highest BCUT2D eigenvalue weighted by Crippen LogP contribution is 2.29. The maximum absolute atomic E-state index is 12.4. The molecule has 0 radical (unpaired) electrons. The number of aromatic nitrogens is 1. The van der Waals surface area contributed by atoms with Crippen molar-refractivity contribution in [3.05, 3.63) is 70.5 Å². The van der Waals surface area contributed by atoms with Gasteiger partial charge in [-0.15, -0.1) is 0 Å². The van der Waals surface area contributed by atoms with Crippen molar-refractivity contribution in [2.45, 2.75) is 44.8 Å². The summed E-state index contributed by atoms with van der Waals surface area (Å²) in [6.07, 6.45) is 7.05. The minimum absolute atomic E-state index is 0.0508. The zero-order chi connectivity index (χ0) is 19.5. The van der Waals surface area contributed by atoms with Gasteiger partial charge in [0.25, 0.3) is 5.91 Å². The van der Waals surface area contributed by atoms with E-state index in [0.29, 0.717) is 5.76 Å². The summed E-state index contributed by atoms with van der Waals surface area (Å²) in [5, 5.41) is 5.08. The molecule has 1 fully saturated rings. The molecule has 4 rings (SSSR count). The third-order valence-electron chi connectivity index (χ3n) is 5.06. The Labute approximate surface area is 162 Å². The van der Waals surface area contributed by atoms with Gasteiger partial charge in [0.05, 0.1) is 6.10 Å². The van der Waals surface area contributed by atoms with Gasteiger partial charge in [0.15, 0.2) is 11.2 Å². The van der Waals surface area contributed by atoms with Crippen LogP contribution in [0.25, 0.3) is 10.8 Å². The number of hydrogen-bond acceptors (Lipinski definition) is 5. The summed E-state index contributed by atoms with van der Waals surface area (Å²) in [5.74, 6) is 1.02. The number of fused-ring (bicyclic) bond motifs is 1. The summed E-state index contributed by atoms with van der Waals surface area (Å²) in [4.78, 5) is 28.1. The Morgan fingerprint density at radius 3 is 2.79 bits per heavy atom. The Kier molecular flexibility index (Phi) is 5.10. The molecule has 1 aromatic carbocycles. The van der Waals surface area contributed by atoms with Gasteiger partial charge < -0.3 is 14.5 Å². The molecular weight excluding hydrogens is 356 g/mol. The summed E-state index contributed by atoms with van der Waals surface area (Å²) in [6, 6.07) is 10.6. The van der Waals surface area contributed by atoms with Crippen LogP contribution in [0.2, 0.25) is 0 Å². The van der Waals surface area contributed by atoms with Gasteiger partial charge >= 0.3 is 0 Å². The number of benzene rings is 1. The minimum atomic E-state index is -0.341. The highest BCUT2D eigenvalue weighted by Gasteiger charge is 2.25. The lowest BCUT2D eigenvalue weighted by Gasteiger charge is -2.29. The predicted octanol–water partition coefficient (Wildman–Crippen LogP) is 3.62. The smallest absolute Gasteiger partial charge is 0.287 e. The molecule has 1 aliphatic rings. The van der Waals surface area contributed by atoms with E-state index < -0.39 is 0 Å². The first kappa shape index (κ1) is 18.2. The molecule has 144 valence electrons. The second-order valence-electron chi connectivity index (χ2n) is 7.19. The summed E-state index contributed by atoms with van der Waals surface area (Å²) in [7, 11) is 0. The third-order valence-corrected chi connectivity index (χ3v) is 5.06. The molecule has 0 unspecified atom stereocenters. The Balaban J connectivity index is 1.35. The van der Waals surface area contributed by atoms with Gasteiger partial charge in [0.2, 0.25) is 0 Å². The van der Waals surface area contributed by atoms with Crippen LogP contribution in [0.3, 0.4) is 0 Å². The van der Waals surface area contributed by atoms with Crippen molar-refractivity contribution < 1.29 is 13.9 Å². The van der Waals surface area contributed by atoms with Gasteiger partial charge in [-0.3, -0.25) is 14.6 Å². The maximum atomic E-state index is 12.4. The Morgan fingerprint density at radius 2 is 2.00 bits per heavy atom. The first-order valence-corrected chi connectivity index (χ1v) is 9.50. The monoisotopic (exact) mass is 378 g/mol. The molecule has 1 N–H and O–H groups in total. The zero-order valence-electron chi connectivity index (χ0n) is 15.7. The summed E-state index contributed by atoms with van der Waals surface area (Å²) in [6.45, 7) is 1.66. The zero-order valence-corrected chi connectivity index (χ0v) is 15.7. The number of hydrogen-bond donors (Lipinski definition) is 1. The standard InChI is InChI=1S/C22H22N2O4/c1-14-11-17(25)12-21(27-14)22(26)24-16-5-7-18(8-6-16)28-20-4-2-3-15-13-23-10-9-19(15)20/h2-4,9-13,16,18H,5-8H2,1H3,(H,24,26).